The van der Waals surface area contributed by atoms with Crippen LogP contribution in [0.4, 0.5) is 4.79 Å². The van der Waals surface area contributed by atoms with Crippen LogP contribution in [0.25, 0.3) is 0 Å². The standard InChI is InChI=1S/C25H22N2O3/c1-17-22(24(28)20-10-6-3-7-11-20)23(27-25(29)26-17)19-12-14-21(15-13-19)30-16-18-8-4-2-5-9-18/h2-15,22-23H,1,16H2,(H2,26,27,29)/t22-,23-/m0/s1. The molecule has 3 aromatic carbocycles. The van der Waals surface area contributed by atoms with Gasteiger partial charge in [-0.25, -0.2) is 4.79 Å². The fourth-order valence-corrected chi connectivity index (χ4v) is 3.57. The van der Waals surface area contributed by atoms with Gasteiger partial charge in [0.05, 0.1) is 12.0 Å². The van der Waals surface area contributed by atoms with Crippen LogP contribution in [0.2, 0.25) is 0 Å². The number of ketones is 1. The van der Waals surface area contributed by atoms with Crippen LogP contribution in [0.5, 0.6) is 5.75 Å². The molecule has 2 atom stereocenters. The van der Waals surface area contributed by atoms with Crippen molar-refractivity contribution in [2.45, 2.75) is 12.6 Å². The van der Waals surface area contributed by atoms with Gasteiger partial charge >= 0.3 is 6.03 Å². The van der Waals surface area contributed by atoms with Gasteiger partial charge in [-0.15, -0.1) is 0 Å². The average Bonchev–Trinajstić information content (AvgIpc) is 2.78. The second kappa shape index (κ2) is 8.66. The summed E-state index contributed by atoms with van der Waals surface area (Å²) in [4.78, 5) is 25.2. The Morgan fingerprint density at radius 2 is 1.53 bits per heavy atom. The molecule has 1 aliphatic heterocycles. The van der Waals surface area contributed by atoms with Gasteiger partial charge in [-0.3, -0.25) is 4.79 Å². The Morgan fingerprint density at radius 3 is 2.20 bits per heavy atom. The topological polar surface area (TPSA) is 67.4 Å². The Balaban J connectivity index is 1.54. The Bertz CT molecular complexity index is 1050. The molecule has 30 heavy (non-hydrogen) atoms. The third kappa shape index (κ3) is 4.25. The summed E-state index contributed by atoms with van der Waals surface area (Å²) in [5.41, 5.74) is 2.86. The molecule has 1 saturated heterocycles. The molecule has 0 saturated carbocycles. The maximum atomic E-state index is 13.2. The number of ether oxygens (including phenoxy) is 1. The van der Waals surface area contributed by atoms with Gasteiger partial charge in [0.15, 0.2) is 5.78 Å². The number of nitrogens with one attached hydrogen (secondary N) is 2. The quantitative estimate of drug-likeness (QED) is 0.595. The highest BCUT2D eigenvalue weighted by atomic mass is 16.5. The van der Waals surface area contributed by atoms with Gasteiger partial charge in [0.1, 0.15) is 12.4 Å². The molecule has 1 fully saturated rings. The van der Waals surface area contributed by atoms with Crippen molar-refractivity contribution < 1.29 is 14.3 Å². The number of rotatable bonds is 6. The van der Waals surface area contributed by atoms with Gasteiger partial charge in [0.2, 0.25) is 0 Å². The van der Waals surface area contributed by atoms with Crippen LogP contribution in [0.1, 0.15) is 27.5 Å². The van der Waals surface area contributed by atoms with Crippen molar-refractivity contribution in [3.63, 3.8) is 0 Å². The number of benzene rings is 3. The lowest BCUT2D eigenvalue weighted by Gasteiger charge is -2.34. The summed E-state index contributed by atoms with van der Waals surface area (Å²) < 4.78 is 5.84. The van der Waals surface area contributed by atoms with Crippen molar-refractivity contribution in [2.75, 3.05) is 0 Å². The molecule has 0 bridgehead atoms. The minimum absolute atomic E-state index is 0.0949. The minimum Gasteiger partial charge on any atom is -0.489 e. The largest absolute Gasteiger partial charge is 0.489 e. The number of hydrogen-bond donors (Lipinski definition) is 2. The minimum atomic E-state index is -0.610. The van der Waals surface area contributed by atoms with Crippen molar-refractivity contribution in [3.8, 4) is 5.75 Å². The molecular formula is C25H22N2O3. The Labute approximate surface area is 175 Å². The highest BCUT2D eigenvalue weighted by Crippen LogP contribution is 2.33. The second-order valence-electron chi connectivity index (χ2n) is 7.15. The lowest BCUT2D eigenvalue weighted by atomic mass is 9.83. The molecule has 0 unspecified atom stereocenters. The van der Waals surface area contributed by atoms with E-state index in [1.54, 1.807) is 12.1 Å². The normalized spacial score (nSPS) is 18.3. The van der Waals surface area contributed by atoms with Crippen molar-refractivity contribution in [1.82, 2.24) is 10.6 Å². The molecule has 150 valence electrons. The van der Waals surface area contributed by atoms with E-state index in [2.05, 4.69) is 17.2 Å². The molecule has 5 heteroatoms. The van der Waals surface area contributed by atoms with Crippen molar-refractivity contribution in [1.29, 1.82) is 0 Å². The van der Waals surface area contributed by atoms with Crippen LogP contribution in [0, 0.1) is 5.92 Å². The summed E-state index contributed by atoms with van der Waals surface area (Å²) in [5, 5.41) is 5.51. The predicted molar refractivity (Wildman–Crippen MR) is 115 cm³/mol. The molecule has 1 heterocycles. The maximum absolute atomic E-state index is 13.2. The molecule has 4 rings (SSSR count). The van der Waals surface area contributed by atoms with Gasteiger partial charge < -0.3 is 15.4 Å². The Morgan fingerprint density at radius 1 is 0.900 bits per heavy atom. The first kappa shape index (κ1) is 19.5. The van der Waals surface area contributed by atoms with Crippen LogP contribution >= 0.6 is 0 Å². The SMILES string of the molecule is C=C1NC(=O)N[C@@H](c2ccc(OCc3ccccc3)cc2)[C@H]1C(=O)c1ccccc1. The average molecular weight is 398 g/mol. The lowest BCUT2D eigenvalue weighted by molar-refractivity contribution is 0.0905. The fourth-order valence-electron chi connectivity index (χ4n) is 3.57. The lowest BCUT2D eigenvalue weighted by Crippen LogP contribution is -2.50. The van der Waals surface area contributed by atoms with E-state index in [-0.39, 0.29) is 11.8 Å². The number of Topliss-reactive ketones (excluding diaryl/α,β-unsaturated/α-hetero) is 1. The van der Waals surface area contributed by atoms with E-state index in [0.29, 0.717) is 23.6 Å². The van der Waals surface area contributed by atoms with E-state index < -0.39 is 12.0 Å². The van der Waals surface area contributed by atoms with E-state index >= 15 is 0 Å². The second-order valence-corrected chi connectivity index (χ2v) is 7.15. The molecule has 0 aliphatic carbocycles. The van der Waals surface area contributed by atoms with Crippen LogP contribution < -0.4 is 15.4 Å². The van der Waals surface area contributed by atoms with Gasteiger partial charge in [-0.1, -0.05) is 79.4 Å². The number of carbonyl (C=O) groups is 2. The van der Waals surface area contributed by atoms with Gasteiger partial charge in [-0.2, -0.15) is 0 Å². The molecule has 0 spiro atoms. The Kier molecular flexibility index (Phi) is 5.61. The highest BCUT2D eigenvalue weighted by molar-refractivity contribution is 6.01. The molecule has 1 aliphatic rings. The van der Waals surface area contributed by atoms with E-state index in [9.17, 15) is 9.59 Å². The van der Waals surface area contributed by atoms with E-state index in [1.807, 2.05) is 72.8 Å². The summed E-state index contributed by atoms with van der Waals surface area (Å²) in [5.74, 6) is 0.0105. The zero-order valence-electron chi connectivity index (χ0n) is 16.4. The van der Waals surface area contributed by atoms with Crippen LogP contribution in [-0.4, -0.2) is 11.8 Å². The predicted octanol–water partition coefficient (Wildman–Crippen LogP) is 4.63. The third-order valence-electron chi connectivity index (χ3n) is 5.10. The molecule has 0 radical (unpaired) electrons. The number of carbonyl (C=O) groups excluding carboxylic acids is 2. The summed E-state index contributed by atoms with van der Waals surface area (Å²) in [6.45, 7) is 4.40. The number of hydrogen-bond acceptors (Lipinski definition) is 3. The molecule has 5 nitrogen and oxygen atoms in total. The van der Waals surface area contributed by atoms with Gasteiger partial charge in [0, 0.05) is 11.3 Å². The highest BCUT2D eigenvalue weighted by Gasteiger charge is 2.37. The maximum Gasteiger partial charge on any atom is 0.319 e. The molecule has 2 N–H and O–H groups in total. The van der Waals surface area contributed by atoms with Crippen LogP contribution in [0.15, 0.2) is 97.2 Å². The fraction of sp³-hybridized carbons (Fsp3) is 0.120. The molecule has 3 aromatic rings. The summed E-state index contributed by atoms with van der Waals surface area (Å²) in [6.07, 6.45) is 0. The van der Waals surface area contributed by atoms with Crippen LogP contribution in [-0.2, 0) is 6.61 Å². The van der Waals surface area contributed by atoms with Crippen molar-refractivity contribution in [3.05, 3.63) is 114 Å². The van der Waals surface area contributed by atoms with Crippen molar-refractivity contribution >= 4 is 11.8 Å². The molecule has 2 amide bonds. The monoisotopic (exact) mass is 398 g/mol. The summed E-state index contributed by atoms with van der Waals surface area (Å²) in [6, 6.07) is 25.5. The van der Waals surface area contributed by atoms with Gasteiger partial charge in [0.25, 0.3) is 0 Å². The first-order valence-electron chi connectivity index (χ1n) is 9.74. The molecule has 0 aromatic heterocycles. The summed E-state index contributed by atoms with van der Waals surface area (Å²) >= 11 is 0. The van der Waals surface area contributed by atoms with Gasteiger partial charge in [-0.05, 0) is 23.3 Å². The van der Waals surface area contributed by atoms with E-state index in [0.717, 1.165) is 11.1 Å². The first-order chi connectivity index (χ1) is 14.6. The third-order valence-corrected chi connectivity index (χ3v) is 5.10. The number of urea groups is 1. The molecular weight excluding hydrogens is 376 g/mol. The van der Waals surface area contributed by atoms with E-state index in [1.165, 1.54) is 0 Å². The Hall–Kier alpha value is -3.86. The summed E-state index contributed by atoms with van der Waals surface area (Å²) in [7, 11) is 0. The smallest absolute Gasteiger partial charge is 0.319 e. The zero-order valence-corrected chi connectivity index (χ0v) is 16.4. The zero-order chi connectivity index (χ0) is 20.9. The first-order valence-corrected chi connectivity index (χ1v) is 9.74. The number of amides is 2. The van der Waals surface area contributed by atoms with E-state index in [4.69, 9.17) is 4.74 Å². The van der Waals surface area contributed by atoms with Crippen LogP contribution in [0.3, 0.4) is 0 Å². The van der Waals surface area contributed by atoms with Crippen molar-refractivity contribution in [2.24, 2.45) is 5.92 Å².